The van der Waals surface area contributed by atoms with Gasteiger partial charge in [0, 0.05) is 16.7 Å². The third-order valence-corrected chi connectivity index (χ3v) is 4.61. The van der Waals surface area contributed by atoms with Crippen molar-refractivity contribution in [2.45, 2.75) is 37.4 Å². The van der Waals surface area contributed by atoms with Crippen LogP contribution in [0.1, 0.15) is 25.8 Å². The summed E-state index contributed by atoms with van der Waals surface area (Å²) < 4.78 is 49.7. The quantitative estimate of drug-likeness (QED) is 0.906. The van der Waals surface area contributed by atoms with Gasteiger partial charge in [-0.1, -0.05) is 26.3 Å². The molecule has 2 N–H and O–H groups in total. The van der Waals surface area contributed by atoms with Gasteiger partial charge in [0.15, 0.2) is 0 Å². The zero-order valence-electron chi connectivity index (χ0n) is 10.9. The van der Waals surface area contributed by atoms with Crippen LogP contribution in [-0.4, -0.2) is 16.0 Å². The molecular weight excluding hydrogens is 275 g/mol. The van der Waals surface area contributed by atoms with Crippen LogP contribution in [0.15, 0.2) is 29.2 Å². The number of hydrogen-bond acceptors (Lipinski definition) is 2. The number of nitrogens with two attached hydrogens (primary N) is 1. The van der Waals surface area contributed by atoms with Crippen LogP contribution in [0.3, 0.4) is 0 Å². The highest BCUT2D eigenvalue weighted by Gasteiger charge is 2.30. The van der Waals surface area contributed by atoms with Crippen molar-refractivity contribution in [1.82, 2.24) is 0 Å². The highest BCUT2D eigenvalue weighted by molar-refractivity contribution is 7.85. The van der Waals surface area contributed by atoms with Gasteiger partial charge < -0.3 is 5.73 Å². The zero-order chi connectivity index (χ0) is 14.6. The normalized spacial score (nSPS) is 16.9. The van der Waals surface area contributed by atoms with Gasteiger partial charge >= 0.3 is 6.18 Å². The fraction of sp³-hybridized carbons (Fsp3) is 0.538. The van der Waals surface area contributed by atoms with Crippen LogP contribution in [-0.2, 0) is 17.0 Å². The van der Waals surface area contributed by atoms with E-state index in [1.54, 1.807) is 0 Å². The van der Waals surface area contributed by atoms with Crippen LogP contribution in [0.4, 0.5) is 13.2 Å². The van der Waals surface area contributed by atoms with Gasteiger partial charge in [-0.15, -0.1) is 0 Å². The highest BCUT2D eigenvalue weighted by atomic mass is 32.2. The number of benzene rings is 1. The van der Waals surface area contributed by atoms with Gasteiger partial charge in [0.05, 0.1) is 16.4 Å². The number of alkyl halides is 3. The predicted molar refractivity (Wildman–Crippen MR) is 70.1 cm³/mol. The lowest BCUT2D eigenvalue weighted by Gasteiger charge is -2.18. The smallest absolute Gasteiger partial charge is 0.327 e. The fourth-order valence-corrected chi connectivity index (χ4v) is 2.91. The maximum Gasteiger partial charge on any atom is 0.416 e. The lowest BCUT2D eigenvalue weighted by Crippen LogP contribution is -2.33. The molecule has 2 nitrogen and oxygen atoms in total. The summed E-state index contributed by atoms with van der Waals surface area (Å²) in [6.07, 6.45) is -3.57. The minimum Gasteiger partial charge on any atom is -0.327 e. The molecule has 3 atom stereocenters. The zero-order valence-corrected chi connectivity index (χ0v) is 11.7. The predicted octanol–water partition coefficient (Wildman–Crippen LogP) is 3.19. The summed E-state index contributed by atoms with van der Waals surface area (Å²) in [4.78, 5) is 0.175. The second-order valence-corrected chi connectivity index (χ2v) is 6.08. The first-order valence-corrected chi connectivity index (χ1v) is 7.38. The first-order valence-electron chi connectivity index (χ1n) is 6.07. The summed E-state index contributed by atoms with van der Waals surface area (Å²) in [5.41, 5.74) is 5.09. The first kappa shape index (κ1) is 16.2. The summed E-state index contributed by atoms with van der Waals surface area (Å²) in [5, 5.41) is 0. The van der Waals surface area contributed by atoms with E-state index in [-0.39, 0.29) is 22.6 Å². The number of hydrogen-bond donors (Lipinski definition) is 1. The van der Waals surface area contributed by atoms with Crippen LogP contribution in [0.5, 0.6) is 0 Å². The van der Waals surface area contributed by atoms with Crippen molar-refractivity contribution in [2.75, 3.05) is 5.75 Å². The Kier molecular flexibility index (Phi) is 5.55. The minimum absolute atomic E-state index is 0.175. The molecule has 19 heavy (non-hydrogen) atoms. The van der Waals surface area contributed by atoms with E-state index in [2.05, 4.69) is 0 Å². The van der Waals surface area contributed by atoms with Crippen molar-refractivity contribution in [3.8, 4) is 0 Å². The Morgan fingerprint density at radius 3 is 2.53 bits per heavy atom. The molecule has 1 aromatic rings. The first-order chi connectivity index (χ1) is 8.75. The highest BCUT2D eigenvalue weighted by Crippen LogP contribution is 2.30. The van der Waals surface area contributed by atoms with Crippen LogP contribution in [0, 0.1) is 5.92 Å². The van der Waals surface area contributed by atoms with Crippen molar-refractivity contribution in [1.29, 1.82) is 0 Å². The van der Waals surface area contributed by atoms with Crippen LogP contribution < -0.4 is 5.73 Å². The Balaban J connectivity index is 2.83. The van der Waals surface area contributed by atoms with E-state index < -0.39 is 22.5 Å². The molecule has 0 fully saturated rings. The van der Waals surface area contributed by atoms with E-state index in [0.717, 1.165) is 18.6 Å². The molecule has 0 aromatic heterocycles. The van der Waals surface area contributed by atoms with E-state index in [1.165, 1.54) is 12.1 Å². The van der Waals surface area contributed by atoms with Gasteiger partial charge in [-0.05, 0) is 24.1 Å². The van der Waals surface area contributed by atoms with E-state index in [1.807, 2.05) is 13.8 Å². The Morgan fingerprint density at radius 2 is 2.00 bits per heavy atom. The van der Waals surface area contributed by atoms with Gasteiger partial charge in [-0.25, -0.2) is 0 Å². The fourth-order valence-electron chi connectivity index (χ4n) is 1.55. The molecule has 0 amide bonds. The second-order valence-electron chi connectivity index (χ2n) is 4.59. The van der Waals surface area contributed by atoms with Crippen molar-refractivity contribution in [3.63, 3.8) is 0 Å². The van der Waals surface area contributed by atoms with Crippen LogP contribution in [0.2, 0.25) is 0 Å². The van der Waals surface area contributed by atoms with Crippen LogP contribution in [0.25, 0.3) is 0 Å². The van der Waals surface area contributed by atoms with Crippen LogP contribution >= 0.6 is 0 Å². The number of rotatable bonds is 5. The molecule has 1 aromatic carbocycles. The molecule has 0 spiro atoms. The Bertz CT molecular complexity index is 448. The van der Waals surface area contributed by atoms with Gasteiger partial charge in [0.1, 0.15) is 0 Å². The maximum absolute atomic E-state index is 12.6. The van der Waals surface area contributed by atoms with Crippen molar-refractivity contribution < 1.29 is 17.4 Å². The Hall–Kier alpha value is -0.880. The molecule has 0 saturated heterocycles. The largest absolute Gasteiger partial charge is 0.416 e. The van der Waals surface area contributed by atoms with Gasteiger partial charge in [0.25, 0.3) is 0 Å². The topological polar surface area (TPSA) is 43.1 Å². The Morgan fingerprint density at radius 1 is 1.37 bits per heavy atom. The molecule has 6 heteroatoms. The molecule has 0 radical (unpaired) electrons. The lowest BCUT2D eigenvalue weighted by atomic mass is 10.0. The summed E-state index contributed by atoms with van der Waals surface area (Å²) >= 11 is 0. The lowest BCUT2D eigenvalue weighted by molar-refractivity contribution is -0.137. The molecule has 3 unspecified atom stereocenters. The number of halogens is 3. The minimum atomic E-state index is -4.42. The molecule has 1 rings (SSSR count). The molecule has 0 bridgehead atoms. The molecule has 108 valence electrons. The summed E-state index contributed by atoms with van der Waals surface area (Å²) in [6.45, 7) is 3.91. The Labute approximate surface area is 113 Å². The SMILES string of the molecule is CCC(C)C(N)CS(=O)c1cccc(C(F)(F)F)c1. The molecule has 0 saturated carbocycles. The van der Waals surface area contributed by atoms with Gasteiger partial charge in [0.2, 0.25) is 0 Å². The van der Waals surface area contributed by atoms with E-state index in [9.17, 15) is 17.4 Å². The third kappa shape index (κ3) is 4.62. The van der Waals surface area contributed by atoms with Gasteiger partial charge in [-0.3, -0.25) is 4.21 Å². The van der Waals surface area contributed by atoms with Gasteiger partial charge in [-0.2, -0.15) is 13.2 Å². The van der Waals surface area contributed by atoms with E-state index >= 15 is 0 Å². The van der Waals surface area contributed by atoms with Crippen molar-refractivity contribution >= 4 is 10.8 Å². The average molecular weight is 293 g/mol. The standard InChI is InChI=1S/C13H18F3NOS/c1-3-9(2)12(17)8-19(18)11-6-4-5-10(7-11)13(14,15)16/h4-7,9,12H,3,8,17H2,1-2H3. The van der Waals surface area contributed by atoms with Crippen molar-refractivity contribution in [3.05, 3.63) is 29.8 Å². The second kappa shape index (κ2) is 6.52. The summed E-state index contributed by atoms with van der Waals surface area (Å²) in [7, 11) is -1.51. The molecular formula is C13H18F3NOS. The summed E-state index contributed by atoms with van der Waals surface area (Å²) in [5.74, 6) is 0.366. The third-order valence-electron chi connectivity index (χ3n) is 3.14. The molecule has 0 aliphatic carbocycles. The molecule has 0 aliphatic heterocycles. The van der Waals surface area contributed by atoms with E-state index in [4.69, 9.17) is 5.73 Å². The van der Waals surface area contributed by atoms with E-state index in [0.29, 0.717) is 0 Å². The monoisotopic (exact) mass is 293 g/mol. The van der Waals surface area contributed by atoms with Crippen molar-refractivity contribution in [2.24, 2.45) is 11.7 Å². The summed E-state index contributed by atoms with van der Waals surface area (Å²) in [6, 6.07) is 4.33. The molecule has 0 aliphatic rings. The maximum atomic E-state index is 12.6. The average Bonchev–Trinajstić information content (AvgIpc) is 2.36. The molecule has 0 heterocycles.